The van der Waals surface area contributed by atoms with Crippen LogP contribution < -0.4 is 9.47 Å². The number of nitrogens with zero attached hydrogens (tertiary/aromatic N) is 4. The Labute approximate surface area is 239 Å². The van der Waals surface area contributed by atoms with Gasteiger partial charge in [-0.25, -0.2) is 4.39 Å². The predicted octanol–water partition coefficient (Wildman–Crippen LogP) is 6.55. The van der Waals surface area contributed by atoms with E-state index in [2.05, 4.69) is 51.0 Å². The van der Waals surface area contributed by atoms with E-state index in [9.17, 15) is 4.39 Å². The number of benzene rings is 2. The summed E-state index contributed by atoms with van der Waals surface area (Å²) in [7, 11) is 5.56. The summed E-state index contributed by atoms with van der Waals surface area (Å²) in [6.45, 7) is 6.12. The number of fused-ring (bicyclic) bond motifs is 1. The van der Waals surface area contributed by atoms with Crippen LogP contribution in [-0.4, -0.2) is 66.5 Å². The molecule has 5 rings (SSSR count). The third-order valence-corrected chi connectivity index (χ3v) is 6.88. The van der Waals surface area contributed by atoms with E-state index in [-0.39, 0.29) is 5.82 Å². The van der Waals surface area contributed by atoms with E-state index in [0.29, 0.717) is 24.5 Å². The molecule has 210 valence electrons. The third kappa shape index (κ3) is 6.28. The highest BCUT2D eigenvalue weighted by Crippen LogP contribution is 2.33. The highest BCUT2D eigenvalue weighted by Gasteiger charge is 2.17. The molecule has 7 nitrogen and oxygen atoms in total. The second kappa shape index (κ2) is 12.3. The Kier molecular flexibility index (Phi) is 8.40. The van der Waals surface area contributed by atoms with Gasteiger partial charge in [-0.1, -0.05) is 12.1 Å². The summed E-state index contributed by atoms with van der Waals surface area (Å²) in [6.07, 6.45) is 7.11. The number of nitrogens with one attached hydrogen (secondary N) is 1. The summed E-state index contributed by atoms with van der Waals surface area (Å²) >= 11 is 0. The van der Waals surface area contributed by atoms with Gasteiger partial charge in [0, 0.05) is 53.6 Å². The maximum Gasteiger partial charge on any atom is 0.138 e. The quantitative estimate of drug-likeness (QED) is 0.199. The average Bonchev–Trinajstić information content (AvgIpc) is 3.40. The van der Waals surface area contributed by atoms with E-state index in [1.165, 1.54) is 19.2 Å². The van der Waals surface area contributed by atoms with Gasteiger partial charge in [-0.05, 0) is 75.0 Å². The van der Waals surface area contributed by atoms with Crippen LogP contribution in [0.3, 0.4) is 0 Å². The SMILES string of the molecule is CC/N=C(/c1cc2c(-c3cc(F)cc(OC)c3)cncc2[nH]1)c1cc(-c2cncc(OCCN(C)C)c2)ccc1C. The Morgan fingerprint density at radius 2 is 1.73 bits per heavy atom. The Balaban J connectivity index is 1.54. The molecule has 0 aliphatic carbocycles. The monoisotopic (exact) mass is 551 g/mol. The lowest BCUT2D eigenvalue weighted by Gasteiger charge is -2.13. The first-order chi connectivity index (χ1) is 19.9. The molecule has 0 aliphatic heterocycles. The van der Waals surface area contributed by atoms with Crippen LogP contribution in [0.4, 0.5) is 4.39 Å². The lowest BCUT2D eigenvalue weighted by molar-refractivity contribution is 0.261. The summed E-state index contributed by atoms with van der Waals surface area (Å²) < 4.78 is 25.6. The van der Waals surface area contributed by atoms with E-state index in [1.54, 1.807) is 18.6 Å². The van der Waals surface area contributed by atoms with Crippen molar-refractivity contribution in [1.29, 1.82) is 0 Å². The lowest BCUT2D eigenvalue weighted by Crippen LogP contribution is -2.19. The average molecular weight is 552 g/mol. The third-order valence-electron chi connectivity index (χ3n) is 6.88. The Morgan fingerprint density at radius 3 is 2.51 bits per heavy atom. The smallest absolute Gasteiger partial charge is 0.138 e. The predicted molar refractivity (Wildman–Crippen MR) is 163 cm³/mol. The van der Waals surface area contributed by atoms with Crippen molar-refractivity contribution in [3.63, 3.8) is 0 Å². The molecule has 41 heavy (non-hydrogen) atoms. The zero-order valence-corrected chi connectivity index (χ0v) is 24.0. The highest BCUT2D eigenvalue weighted by molar-refractivity contribution is 6.15. The van der Waals surface area contributed by atoms with Crippen LogP contribution in [0.25, 0.3) is 33.2 Å². The summed E-state index contributed by atoms with van der Waals surface area (Å²) in [5.74, 6) is 0.822. The summed E-state index contributed by atoms with van der Waals surface area (Å²) in [5, 5.41) is 0.923. The minimum atomic E-state index is -0.366. The highest BCUT2D eigenvalue weighted by atomic mass is 19.1. The van der Waals surface area contributed by atoms with E-state index in [4.69, 9.17) is 14.5 Å². The number of rotatable bonds is 10. The van der Waals surface area contributed by atoms with Crippen molar-refractivity contribution in [3.05, 3.63) is 96.0 Å². The number of hydrogen-bond acceptors (Lipinski definition) is 6. The molecule has 8 heteroatoms. The van der Waals surface area contributed by atoms with Crippen LogP contribution in [0.2, 0.25) is 0 Å². The van der Waals surface area contributed by atoms with Gasteiger partial charge in [-0.2, -0.15) is 0 Å². The molecule has 3 aromatic heterocycles. The lowest BCUT2D eigenvalue weighted by atomic mass is 9.96. The number of H-pyrrole nitrogens is 1. The number of halogens is 1. The number of aromatic amines is 1. The van der Waals surface area contributed by atoms with E-state index < -0.39 is 0 Å². The van der Waals surface area contributed by atoms with Crippen molar-refractivity contribution < 1.29 is 13.9 Å². The summed E-state index contributed by atoms with van der Waals surface area (Å²) in [6, 6.07) is 15.1. The second-order valence-corrected chi connectivity index (χ2v) is 10.1. The van der Waals surface area contributed by atoms with Crippen molar-refractivity contribution in [2.45, 2.75) is 13.8 Å². The fourth-order valence-electron chi connectivity index (χ4n) is 4.78. The number of aromatic nitrogens is 3. The number of pyridine rings is 2. The number of likely N-dealkylation sites (N-methyl/N-ethyl adjacent to an activating group) is 1. The zero-order chi connectivity index (χ0) is 28.9. The van der Waals surface area contributed by atoms with Gasteiger partial charge < -0.3 is 19.4 Å². The Bertz CT molecular complexity index is 1710. The van der Waals surface area contributed by atoms with Gasteiger partial charge in [0.1, 0.15) is 23.9 Å². The number of methoxy groups -OCH3 is 1. The van der Waals surface area contributed by atoms with Crippen molar-refractivity contribution in [2.24, 2.45) is 4.99 Å². The Morgan fingerprint density at radius 1 is 0.927 bits per heavy atom. The molecule has 0 unspecified atom stereocenters. The second-order valence-electron chi connectivity index (χ2n) is 10.1. The normalized spacial score (nSPS) is 11.8. The van der Waals surface area contributed by atoms with Gasteiger partial charge in [-0.3, -0.25) is 15.0 Å². The van der Waals surface area contributed by atoms with Gasteiger partial charge >= 0.3 is 0 Å². The van der Waals surface area contributed by atoms with Gasteiger partial charge in [0.05, 0.1) is 36.4 Å². The van der Waals surface area contributed by atoms with Crippen LogP contribution in [-0.2, 0) is 0 Å². The topological polar surface area (TPSA) is 75.6 Å². The zero-order valence-electron chi connectivity index (χ0n) is 24.0. The number of aliphatic imine (C=N–C) groups is 1. The first-order valence-electron chi connectivity index (χ1n) is 13.6. The van der Waals surface area contributed by atoms with Crippen LogP contribution in [0.5, 0.6) is 11.5 Å². The maximum absolute atomic E-state index is 14.4. The van der Waals surface area contributed by atoms with E-state index in [1.807, 2.05) is 39.3 Å². The molecule has 5 aromatic rings. The largest absolute Gasteiger partial charge is 0.497 e. The van der Waals surface area contributed by atoms with Gasteiger partial charge in [0.2, 0.25) is 0 Å². The molecule has 0 amide bonds. The molecule has 0 fully saturated rings. The molecule has 0 spiro atoms. The molecule has 0 radical (unpaired) electrons. The first kappa shape index (κ1) is 28.0. The molecule has 0 saturated heterocycles. The minimum Gasteiger partial charge on any atom is -0.497 e. The molecule has 1 N–H and O–H groups in total. The number of hydrogen-bond donors (Lipinski definition) is 1. The van der Waals surface area contributed by atoms with Crippen molar-refractivity contribution in [2.75, 3.05) is 40.9 Å². The van der Waals surface area contributed by atoms with Crippen LogP contribution in [0.1, 0.15) is 23.7 Å². The van der Waals surface area contributed by atoms with Gasteiger partial charge in [0.25, 0.3) is 0 Å². The maximum atomic E-state index is 14.4. The van der Waals surface area contributed by atoms with Crippen LogP contribution >= 0.6 is 0 Å². The first-order valence-corrected chi connectivity index (χ1v) is 13.6. The molecule has 3 heterocycles. The molecular weight excluding hydrogens is 517 g/mol. The summed E-state index contributed by atoms with van der Waals surface area (Å²) in [4.78, 5) is 19.3. The van der Waals surface area contributed by atoms with Crippen molar-refractivity contribution in [1.82, 2.24) is 19.9 Å². The van der Waals surface area contributed by atoms with Gasteiger partial charge in [0.15, 0.2) is 0 Å². The molecule has 0 aliphatic rings. The Hall–Kier alpha value is -4.56. The molecule has 0 saturated carbocycles. The molecule has 0 bridgehead atoms. The van der Waals surface area contributed by atoms with Crippen LogP contribution in [0.15, 0.2) is 78.3 Å². The van der Waals surface area contributed by atoms with E-state index >= 15 is 0 Å². The van der Waals surface area contributed by atoms with Crippen LogP contribution in [0, 0.1) is 12.7 Å². The standard InChI is InChI=1S/C33H34FN5O2/c1-6-37-33(28-14-22(8-7-21(28)2)24-13-27(18-35-17-24)41-10-9-39(3)4)31-16-29-30(19-36-20-32(29)38-31)23-11-25(34)15-26(12-23)40-5/h7-8,11-20,38H,6,9-10H2,1-5H3/b37-33+. The minimum absolute atomic E-state index is 0.366. The van der Waals surface area contributed by atoms with Gasteiger partial charge in [-0.15, -0.1) is 0 Å². The molecular formula is C33H34FN5O2. The van der Waals surface area contributed by atoms with E-state index in [0.717, 1.165) is 62.4 Å². The fraction of sp³-hybridized carbons (Fsp3) is 0.242. The molecule has 0 atom stereocenters. The molecule has 2 aromatic carbocycles. The number of aryl methyl sites for hydroxylation is 1. The fourth-order valence-corrected chi connectivity index (χ4v) is 4.78. The van der Waals surface area contributed by atoms with Crippen molar-refractivity contribution >= 4 is 16.6 Å². The van der Waals surface area contributed by atoms with Crippen molar-refractivity contribution in [3.8, 4) is 33.8 Å². The summed E-state index contributed by atoms with van der Waals surface area (Å²) in [5.41, 5.74) is 8.13. The number of ether oxygens (including phenoxy) is 2.